The number of nitrogens with zero attached hydrogens (tertiary/aromatic N) is 1. The zero-order valence-corrected chi connectivity index (χ0v) is 11.7. The van der Waals surface area contributed by atoms with Crippen molar-refractivity contribution in [2.75, 3.05) is 11.1 Å². The number of aromatic amines is 1. The fourth-order valence-electron chi connectivity index (χ4n) is 1.96. The minimum Gasteiger partial charge on any atom is -0.397 e. The van der Waals surface area contributed by atoms with Crippen molar-refractivity contribution in [2.24, 2.45) is 0 Å². The van der Waals surface area contributed by atoms with Crippen molar-refractivity contribution in [1.82, 2.24) is 10.2 Å². The number of hydrogen-bond acceptors (Lipinski definition) is 3. The molecule has 19 heavy (non-hydrogen) atoms. The van der Waals surface area contributed by atoms with Gasteiger partial charge in [-0.05, 0) is 29.8 Å². The first-order chi connectivity index (χ1) is 9.22. The van der Waals surface area contributed by atoms with Crippen LogP contribution in [0.1, 0.15) is 5.56 Å². The summed E-state index contributed by atoms with van der Waals surface area (Å²) in [6.45, 7) is 0.733. The molecule has 0 spiro atoms. The summed E-state index contributed by atoms with van der Waals surface area (Å²) in [6.07, 6.45) is 1.77. The van der Waals surface area contributed by atoms with Crippen molar-refractivity contribution in [3.05, 3.63) is 52.6 Å². The highest BCUT2D eigenvalue weighted by molar-refractivity contribution is 9.10. The predicted octanol–water partition coefficient (Wildman–Crippen LogP) is 3.52. The van der Waals surface area contributed by atoms with E-state index in [4.69, 9.17) is 5.73 Å². The topological polar surface area (TPSA) is 66.7 Å². The first-order valence-electron chi connectivity index (χ1n) is 5.93. The lowest BCUT2D eigenvalue weighted by molar-refractivity contribution is 1.12. The lowest BCUT2D eigenvalue weighted by Gasteiger charge is -2.09. The highest BCUT2D eigenvalue weighted by atomic mass is 79.9. The lowest BCUT2D eigenvalue weighted by Crippen LogP contribution is -2.02. The Bertz CT molecular complexity index is 703. The van der Waals surface area contributed by atoms with Gasteiger partial charge in [-0.15, -0.1) is 0 Å². The van der Waals surface area contributed by atoms with Gasteiger partial charge in [0.2, 0.25) is 0 Å². The second-order valence-electron chi connectivity index (χ2n) is 4.38. The van der Waals surface area contributed by atoms with E-state index >= 15 is 0 Å². The molecule has 0 bridgehead atoms. The lowest BCUT2D eigenvalue weighted by atomic mass is 10.2. The predicted molar refractivity (Wildman–Crippen MR) is 82.0 cm³/mol. The molecule has 0 saturated carbocycles. The molecule has 5 heteroatoms. The molecule has 0 amide bonds. The molecular formula is C14H13BrN4. The Morgan fingerprint density at radius 2 is 2.00 bits per heavy atom. The molecular weight excluding hydrogens is 304 g/mol. The number of nitrogens with two attached hydrogens (primary N) is 1. The van der Waals surface area contributed by atoms with Gasteiger partial charge in [0.05, 0.1) is 23.1 Å². The van der Waals surface area contributed by atoms with Crippen LogP contribution in [0.5, 0.6) is 0 Å². The highest BCUT2D eigenvalue weighted by Gasteiger charge is 2.03. The number of halogens is 1. The Morgan fingerprint density at radius 1 is 1.21 bits per heavy atom. The van der Waals surface area contributed by atoms with Crippen LogP contribution in [0.2, 0.25) is 0 Å². The maximum Gasteiger partial charge on any atom is 0.0672 e. The van der Waals surface area contributed by atoms with Gasteiger partial charge >= 0.3 is 0 Å². The fraction of sp³-hybridized carbons (Fsp3) is 0.0714. The monoisotopic (exact) mass is 316 g/mol. The molecule has 2 aromatic carbocycles. The Morgan fingerprint density at radius 3 is 2.79 bits per heavy atom. The van der Waals surface area contributed by atoms with Crippen LogP contribution >= 0.6 is 15.9 Å². The second-order valence-corrected chi connectivity index (χ2v) is 5.29. The Hall–Kier alpha value is -2.01. The van der Waals surface area contributed by atoms with Crippen LogP contribution in [0, 0.1) is 0 Å². The Labute approximate surface area is 119 Å². The van der Waals surface area contributed by atoms with E-state index in [0.29, 0.717) is 0 Å². The van der Waals surface area contributed by atoms with E-state index < -0.39 is 0 Å². The van der Waals surface area contributed by atoms with Crippen LogP contribution in [0.3, 0.4) is 0 Å². The largest absolute Gasteiger partial charge is 0.397 e. The van der Waals surface area contributed by atoms with Crippen LogP contribution in [-0.4, -0.2) is 10.2 Å². The molecule has 0 fully saturated rings. The van der Waals surface area contributed by atoms with E-state index in [0.717, 1.165) is 33.3 Å². The molecule has 4 N–H and O–H groups in total. The minimum absolute atomic E-state index is 0.728. The third-order valence-electron chi connectivity index (χ3n) is 3.01. The van der Waals surface area contributed by atoms with E-state index in [-0.39, 0.29) is 0 Å². The number of hydrogen-bond donors (Lipinski definition) is 3. The summed E-state index contributed by atoms with van der Waals surface area (Å²) in [5.41, 5.74) is 9.85. The molecule has 0 aliphatic rings. The summed E-state index contributed by atoms with van der Waals surface area (Å²) in [6, 6.07) is 12.1. The summed E-state index contributed by atoms with van der Waals surface area (Å²) in [5, 5.41) is 11.3. The normalized spacial score (nSPS) is 10.8. The molecule has 0 saturated heterocycles. The number of fused-ring (bicyclic) bond motifs is 1. The number of nitrogen functional groups attached to an aromatic ring is 1. The molecule has 96 valence electrons. The van der Waals surface area contributed by atoms with Crippen molar-refractivity contribution in [3.63, 3.8) is 0 Å². The van der Waals surface area contributed by atoms with Crippen molar-refractivity contribution < 1.29 is 0 Å². The molecule has 0 unspecified atom stereocenters. The second kappa shape index (κ2) is 4.93. The van der Waals surface area contributed by atoms with Gasteiger partial charge in [-0.25, -0.2) is 0 Å². The van der Waals surface area contributed by atoms with Crippen molar-refractivity contribution >= 4 is 38.2 Å². The third kappa shape index (κ3) is 2.56. The quantitative estimate of drug-likeness (QED) is 0.648. The van der Waals surface area contributed by atoms with Gasteiger partial charge < -0.3 is 11.1 Å². The van der Waals surface area contributed by atoms with Gasteiger partial charge in [0, 0.05) is 16.4 Å². The number of rotatable bonds is 3. The molecule has 3 rings (SSSR count). The fourth-order valence-corrected chi connectivity index (χ4v) is 2.23. The summed E-state index contributed by atoms with van der Waals surface area (Å²) in [5.74, 6) is 0. The van der Waals surface area contributed by atoms with Crippen LogP contribution in [-0.2, 0) is 6.54 Å². The first kappa shape index (κ1) is 12.0. The van der Waals surface area contributed by atoms with E-state index in [2.05, 4.69) is 43.6 Å². The highest BCUT2D eigenvalue weighted by Crippen LogP contribution is 2.25. The molecule has 0 aliphatic carbocycles. The number of anilines is 2. The average molecular weight is 317 g/mol. The Kier molecular flexibility index (Phi) is 3.13. The molecule has 1 heterocycles. The van der Waals surface area contributed by atoms with E-state index in [1.165, 1.54) is 5.56 Å². The van der Waals surface area contributed by atoms with Gasteiger partial charge in [-0.2, -0.15) is 5.10 Å². The zero-order chi connectivity index (χ0) is 13.2. The number of aromatic nitrogens is 2. The average Bonchev–Trinajstić information content (AvgIpc) is 2.85. The van der Waals surface area contributed by atoms with Crippen molar-refractivity contribution in [3.8, 4) is 0 Å². The third-order valence-corrected chi connectivity index (χ3v) is 3.54. The van der Waals surface area contributed by atoms with Crippen LogP contribution in [0.25, 0.3) is 10.9 Å². The van der Waals surface area contributed by atoms with Gasteiger partial charge in [0.1, 0.15) is 0 Å². The van der Waals surface area contributed by atoms with Gasteiger partial charge in [0.15, 0.2) is 0 Å². The van der Waals surface area contributed by atoms with Crippen molar-refractivity contribution in [2.45, 2.75) is 6.54 Å². The summed E-state index contributed by atoms with van der Waals surface area (Å²) >= 11 is 3.42. The van der Waals surface area contributed by atoms with Crippen LogP contribution in [0.15, 0.2) is 47.1 Å². The SMILES string of the molecule is Nc1cc2cn[nH]c2cc1NCc1ccc(Br)cc1. The first-order valence-corrected chi connectivity index (χ1v) is 6.72. The molecule has 3 aromatic rings. The van der Waals surface area contributed by atoms with Gasteiger partial charge in [0.25, 0.3) is 0 Å². The molecule has 0 radical (unpaired) electrons. The molecule has 0 atom stereocenters. The Balaban J connectivity index is 1.80. The zero-order valence-electron chi connectivity index (χ0n) is 10.2. The van der Waals surface area contributed by atoms with Crippen LogP contribution in [0.4, 0.5) is 11.4 Å². The summed E-state index contributed by atoms with van der Waals surface area (Å²) < 4.78 is 1.08. The molecule has 0 aliphatic heterocycles. The standard InChI is InChI=1S/C14H13BrN4/c15-11-3-1-9(2-4-11)7-17-14-6-13-10(5-12(14)16)8-18-19-13/h1-6,8,17H,7,16H2,(H,18,19). The summed E-state index contributed by atoms with van der Waals surface area (Å²) in [7, 11) is 0. The van der Waals surface area contributed by atoms with Crippen LogP contribution < -0.4 is 11.1 Å². The molecule has 4 nitrogen and oxygen atoms in total. The molecule has 1 aromatic heterocycles. The van der Waals surface area contributed by atoms with E-state index in [9.17, 15) is 0 Å². The maximum atomic E-state index is 6.02. The number of benzene rings is 2. The van der Waals surface area contributed by atoms with Crippen molar-refractivity contribution in [1.29, 1.82) is 0 Å². The number of nitrogens with one attached hydrogen (secondary N) is 2. The minimum atomic E-state index is 0.728. The van der Waals surface area contributed by atoms with E-state index in [1.54, 1.807) is 6.20 Å². The smallest absolute Gasteiger partial charge is 0.0672 e. The van der Waals surface area contributed by atoms with Gasteiger partial charge in [-0.3, -0.25) is 5.10 Å². The number of H-pyrrole nitrogens is 1. The van der Waals surface area contributed by atoms with Gasteiger partial charge in [-0.1, -0.05) is 28.1 Å². The maximum absolute atomic E-state index is 6.02. The summed E-state index contributed by atoms with van der Waals surface area (Å²) in [4.78, 5) is 0. The van der Waals surface area contributed by atoms with E-state index in [1.807, 2.05) is 24.3 Å².